The van der Waals surface area contributed by atoms with Crippen molar-refractivity contribution in [3.05, 3.63) is 28.8 Å². The lowest BCUT2D eigenvalue weighted by Gasteiger charge is -2.22. The Hall–Kier alpha value is -1.55. The van der Waals surface area contributed by atoms with Crippen LogP contribution >= 0.6 is 11.3 Å². The second kappa shape index (κ2) is 6.16. The maximum atomic E-state index is 5.01. The van der Waals surface area contributed by atoms with E-state index in [0.717, 1.165) is 11.7 Å². The second-order valence-corrected chi connectivity index (χ2v) is 8.21. The zero-order valence-corrected chi connectivity index (χ0v) is 15.8. The molecule has 0 unspecified atom stereocenters. The molecule has 0 aliphatic carbocycles. The smallest absolute Gasteiger partial charge is 0.126 e. The largest absolute Gasteiger partial charge is 0.365 e. The van der Waals surface area contributed by atoms with E-state index in [2.05, 4.69) is 70.0 Å². The van der Waals surface area contributed by atoms with Crippen LogP contribution in [0.2, 0.25) is 0 Å². The fourth-order valence-corrected chi connectivity index (χ4v) is 4.39. The molecule has 23 heavy (non-hydrogen) atoms. The predicted molar refractivity (Wildman–Crippen MR) is 102 cm³/mol. The number of aromatic nitrogens is 1. The summed E-state index contributed by atoms with van der Waals surface area (Å²) >= 11 is 1.86. The van der Waals surface area contributed by atoms with Crippen LogP contribution in [0.1, 0.15) is 63.9 Å². The number of para-hydroxylation sites is 1. The first-order valence-corrected chi connectivity index (χ1v) is 9.36. The third-order valence-electron chi connectivity index (χ3n) is 4.38. The summed E-state index contributed by atoms with van der Waals surface area (Å²) in [6.07, 6.45) is 0. The Bertz CT molecular complexity index is 675. The number of benzene rings is 1. The van der Waals surface area contributed by atoms with Gasteiger partial charge in [0.2, 0.25) is 0 Å². The molecule has 1 N–H and O–H groups in total. The summed E-state index contributed by atoms with van der Waals surface area (Å²) in [6.45, 7) is 14.3. The number of nitrogens with zero attached hydrogens (tertiary/aromatic N) is 2. The van der Waals surface area contributed by atoms with Crippen LogP contribution in [0.5, 0.6) is 0 Å². The number of hydrogen-bond donors (Lipinski definition) is 1. The molecule has 2 aromatic rings. The first kappa shape index (κ1) is 16.3. The highest BCUT2D eigenvalue weighted by Crippen LogP contribution is 2.44. The van der Waals surface area contributed by atoms with Crippen LogP contribution in [0.15, 0.2) is 18.2 Å². The second-order valence-electron chi connectivity index (χ2n) is 7.18. The zero-order chi connectivity index (χ0) is 16.7. The molecule has 124 valence electrons. The predicted octanol–water partition coefficient (Wildman–Crippen LogP) is 5.65. The van der Waals surface area contributed by atoms with Crippen molar-refractivity contribution in [2.75, 3.05) is 16.9 Å². The van der Waals surface area contributed by atoms with Gasteiger partial charge < -0.3 is 10.2 Å². The van der Waals surface area contributed by atoms with E-state index in [1.807, 2.05) is 11.3 Å². The van der Waals surface area contributed by atoms with Gasteiger partial charge in [-0.15, -0.1) is 11.3 Å². The molecule has 4 heteroatoms. The zero-order valence-electron chi connectivity index (χ0n) is 15.0. The van der Waals surface area contributed by atoms with Crippen LogP contribution in [-0.4, -0.2) is 17.7 Å². The normalized spacial score (nSPS) is 14.0. The van der Waals surface area contributed by atoms with E-state index in [1.165, 1.54) is 27.5 Å². The Kier molecular flexibility index (Phi) is 4.37. The van der Waals surface area contributed by atoms with E-state index in [4.69, 9.17) is 4.98 Å². The lowest BCUT2D eigenvalue weighted by molar-refractivity contribution is 0.727. The van der Waals surface area contributed by atoms with Gasteiger partial charge in [-0.2, -0.15) is 0 Å². The summed E-state index contributed by atoms with van der Waals surface area (Å²) < 4.78 is 0. The molecule has 1 aromatic carbocycles. The highest BCUT2D eigenvalue weighted by atomic mass is 32.1. The number of hydrogen-bond acceptors (Lipinski definition) is 4. The molecule has 0 spiro atoms. The molecule has 0 bridgehead atoms. The molecule has 3 nitrogen and oxygen atoms in total. The van der Waals surface area contributed by atoms with Crippen molar-refractivity contribution in [1.29, 1.82) is 0 Å². The van der Waals surface area contributed by atoms with Crippen molar-refractivity contribution >= 4 is 22.7 Å². The fraction of sp³-hybridized carbons (Fsp3) is 0.526. The number of thiazole rings is 1. The molecule has 0 atom stereocenters. The van der Waals surface area contributed by atoms with Crippen LogP contribution in [-0.2, 0) is 0 Å². The molecule has 3 rings (SSSR count). The molecular weight excluding hydrogens is 302 g/mol. The Labute approximate surface area is 143 Å². The van der Waals surface area contributed by atoms with Gasteiger partial charge >= 0.3 is 0 Å². The first-order chi connectivity index (χ1) is 10.9. The van der Waals surface area contributed by atoms with Crippen molar-refractivity contribution in [3.63, 3.8) is 0 Å². The standard InChI is InChI=1S/C19H27N3S/c1-11(2)16-18(12(3)4)23-19(21-16)14-8-7-9-15-17(14)20-10-22(15)13(5)6/h7-9,11-13,20H,10H2,1-6H3. The van der Waals surface area contributed by atoms with E-state index in [0.29, 0.717) is 17.9 Å². The van der Waals surface area contributed by atoms with Gasteiger partial charge in [-0.3, -0.25) is 0 Å². The van der Waals surface area contributed by atoms with E-state index >= 15 is 0 Å². The molecule has 0 fully saturated rings. The van der Waals surface area contributed by atoms with Crippen molar-refractivity contribution in [3.8, 4) is 10.6 Å². The summed E-state index contributed by atoms with van der Waals surface area (Å²) in [5.74, 6) is 0.991. The molecule has 0 saturated heterocycles. The highest BCUT2D eigenvalue weighted by molar-refractivity contribution is 7.15. The summed E-state index contributed by atoms with van der Waals surface area (Å²) in [4.78, 5) is 8.83. The van der Waals surface area contributed by atoms with Crippen molar-refractivity contribution in [1.82, 2.24) is 4.98 Å². The maximum absolute atomic E-state index is 5.01. The van der Waals surface area contributed by atoms with E-state index in [-0.39, 0.29) is 0 Å². The topological polar surface area (TPSA) is 28.2 Å². The lowest BCUT2D eigenvalue weighted by Crippen LogP contribution is -2.29. The number of fused-ring (bicyclic) bond motifs is 1. The SMILES string of the molecule is CC(C)c1nc(-c2cccc3c2NCN3C(C)C)sc1C(C)C. The number of anilines is 2. The van der Waals surface area contributed by atoms with Crippen molar-refractivity contribution in [2.45, 2.75) is 59.4 Å². The van der Waals surface area contributed by atoms with Gasteiger partial charge in [0.1, 0.15) is 5.01 Å². The molecule has 1 aliphatic heterocycles. The van der Waals surface area contributed by atoms with Crippen LogP contribution in [0.4, 0.5) is 11.4 Å². The van der Waals surface area contributed by atoms with E-state index in [1.54, 1.807) is 0 Å². The van der Waals surface area contributed by atoms with Gasteiger partial charge in [0.15, 0.2) is 0 Å². The molecule has 0 saturated carbocycles. The van der Waals surface area contributed by atoms with Gasteiger partial charge in [-0.1, -0.05) is 33.8 Å². The van der Waals surface area contributed by atoms with Crippen LogP contribution in [0, 0.1) is 0 Å². The summed E-state index contributed by atoms with van der Waals surface area (Å²) in [5.41, 5.74) is 5.03. The molecule has 1 aromatic heterocycles. The summed E-state index contributed by atoms with van der Waals surface area (Å²) in [6, 6.07) is 7.05. The molecule has 0 radical (unpaired) electrons. The summed E-state index contributed by atoms with van der Waals surface area (Å²) in [7, 11) is 0. The Balaban J connectivity index is 2.09. The number of nitrogens with one attached hydrogen (secondary N) is 1. The molecular formula is C19H27N3S. The van der Waals surface area contributed by atoms with Gasteiger partial charge in [-0.25, -0.2) is 4.98 Å². The monoisotopic (exact) mass is 329 g/mol. The maximum Gasteiger partial charge on any atom is 0.126 e. The van der Waals surface area contributed by atoms with Crippen LogP contribution < -0.4 is 10.2 Å². The minimum Gasteiger partial charge on any atom is -0.365 e. The quantitative estimate of drug-likeness (QED) is 0.785. The third kappa shape index (κ3) is 2.85. The number of rotatable bonds is 4. The highest BCUT2D eigenvalue weighted by Gasteiger charge is 2.26. The third-order valence-corrected chi connectivity index (χ3v) is 5.79. The average molecular weight is 330 g/mol. The fourth-order valence-electron chi connectivity index (χ4n) is 3.14. The van der Waals surface area contributed by atoms with Gasteiger partial charge in [0.05, 0.1) is 23.7 Å². The molecule has 1 aliphatic rings. The first-order valence-electron chi connectivity index (χ1n) is 8.54. The van der Waals surface area contributed by atoms with Crippen LogP contribution in [0.25, 0.3) is 10.6 Å². The molecule has 2 heterocycles. The lowest BCUT2D eigenvalue weighted by atomic mass is 10.0. The van der Waals surface area contributed by atoms with E-state index < -0.39 is 0 Å². The Morgan fingerprint density at radius 2 is 1.83 bits per heavy atom. The van der Waals surface area contributed by atoms with Crippen LogP contribution in [0.3, 0.4) is 0 Å². The Morgan fingerprint density at radius 3 is 2.39 bits per heavy atom. The minimum absolute atomic E-state index is 0.467. The van der Waals surface area contributed by atoms with E-state index in [9.17, 15) is 0 Å². The average Bonchev–Trinajstić information content (AvgIpc) is 3.11. The van der Waals surface area contributed by atoms with Gasteiger partial charge in [-0.05, 0) is 37.8 Å². The van der Waals surface area contributed by atoms with Crippen molar-refractivity contribution in [2.24, 2.45) is 0 Å². The van der Waals surface area contributed by atoms with Crippen molar-refractivity contribution < 1.29 is 0 Å². The summed E-state index contributed by atoms with van der Waals surface area (Å²) in [5, 5.41) is 4.72. The minimum atomic E-state index is 0.467. The Morgan fingerprint density at radius 1 is 1.09 bits per heavy atom. The van der Waals surface area contributed by atoms with Gasteiger partial charge in [0.25, 0.3) is 0 Å². The van der Waals surface area contributed by atoms with Gasteiger partial charge in [0, 0.05) is 16.5 Å². The molecule has 0 amide bonds.